The van der Waals surface area contributed by atoms with Crippen LogP contribution in [0.3, 0.4) is 0 Å². The van der Waals surface area contributed by atoms with Gasteiger partial charge in [0.25, 0.3) is 11.6 Å². The quantitative estimate of drug-likeness (QED) is 0.256. The summed E-state index contributed by atoms with van der Waals surface area (Å²) < 4.78 is 1.96. The molecule has 0 spiro atoms. The molecule has 3 aromatic rings. The summed E-state index contributed by atoms with van der Waals surface area (Å²) in [6.07, 6.45) is 0. The molecule has 0 saturated heterocycles. The lowest BCUT2D eigenvalue weighted by Crippen LogP contribution is -2.21. The van der Waals surface area contributed by atoms with E-state index in [-0.39, 0.29) is 17.3 Å². The summed E-state index contributed by atoms with van der Waals surface area (Å²) in [5, 5.41) is 23.9. The van der Waals surface area contributed by atoms with Crippen LogP contribution in [0.4, 0.5) is 5.69 Å². The summed E-state index contributed by atoms with van der Waals surface area (Å²) in [5.74, 6) is 0.602. The van der Waals surface area contributed by atoms with Crippen LogP contribution in [-0.4, -0.2) is 37.1 Å². The number of rotatable bonds is 8. The van der Waals surface area contributed by atoms with Crippen LogP contribution < -0.4 is 5.43 Å². The Labute approximate surface area is 177 Å². The number of hydrogen-bond donors (Lipinski definition) is 1. The van der Waals surface area contributed by atoms with Gasteiger partial charge in [0.1, 0.15) is 0 Å². The van der Waals surface area contributed by atoms with Gasteiger partial charge in [0.15, 0.2) is 11.0 Å². The van der Waals surface area contributed by atoms with Gasteiger partial charge in [-0.2, -0.15) is 5.10 Å². The average molecular weight is 424 g/mol. The van der Waals surface area contributed by atoms with Gasteiger partial charge in [-0.3, -0.25) is 14.9 Å². The molecule has 0 fully saturated rings. The van der Waals surface area contributed by atoms with Crippen molar-refractivity contribution in [1.29, 1.82) is 0 Å². The molecule has 154 valence electrons. The normalized spacial score (nSPS) is 11.3. The number of carbonyl (C=O) groups is 1. The molecule has 1 amide bonds. The molecule has 0 unspecified atom stereocenters. The van der Waals surface area contributed by atoms with Gasteiger partial charge in [0.05, 0.1) is 16.4 Å². The molecule has 10 heteroatoms. The number of benzene rings is 2. The van der Waals surface area contributed by atoms with Crippen molar-refractivity contribution in [2.45, 2.75) is 25.5 Å². The smallest absolute Gasteiger partial charge is 0.269 e. The zero-order valence-electron chi connectivity index (χ0n) is 16.5. The summed E-state index contributed by atoms with van der Waals surface area (Å²) in [4.78, 5) is 22.4. The second-order valence-electron chi connectivity index (χ2n) is 6.24. The van der Waals surface area contributed by atoms with Gasteiger partial charge in [-0.15, -0.1) is 10.2 Å². The monoisotopic (exact) mass is 424 g/mol. The number of thioether (sulfide) groups is 1. The average Bonchev–Trinajstić information content (AvgIpc) is 3.19. The number of nitrogens with zero attached hydrogens (tertiary/aromatic N) is 5. The van der Waals surface area contributed by atoms with Crippen molar-refractivity contribution in [1.82, 2.24) is 20.2 Å². The SMILES string of the molecule is CCn1c(SCC(=O)N/N=C(\C)c2ccc([N+](=O)[O-])cc2)nnc1-c1ccccc1. The van der Waals surface area contributed by atoms with E-state index in [1.165, 1.54) is 23.9 Å². The predicted molar refractivity (Wildman–Crippen MR) is 115 cm³/mol. The maximum Gasteiger partial charge on any atom is 0.269 e. The lowest BCUT2D eigenvalue weighted by molar-refractivity contribution is -0.384. The van der Waals surface area contributed by atoms with E-state index in [0.29, 0.717) is 23.0 Å². The third kappa shape index (κ3) is 5.09. The van der Waals surface area contributed by atoms with Crippen LogP contribution >= 0.6 is 11.8 Å². The van der Waals surface area contributed by atoms with Gasteiger partial charge in [-0.1, -0.05) is 42.1 Å². The largest absolute Gasteiger partial charge is 0.302 e. The molecule has 0 aliphatic carbocycles. The Kier molecular flexibility index (Phi) is 6.91. The summed E-state index contributed by atoms with van der Waals surface area (Å²) in [6, 6.07) is 15.7. The lowest BCUT2D eigenvalue weighted by atomic mass is 10.1. The molecule has 0 saturated carbocycles. The first-order valence-corrected chi connectivity index (χ1v) is 10.2. The fraction of sp³-hybridized carbons (Fsp3) is 0.200. The number of hydrazone groups is 1. The van der Waals surface area contributed by atoms with Gasteiger partial charge in [-0.05, 0) is 31.5 Å². The minimum atomic E-state index is -0.465. The van der Waals surface area contributed by atoms with Crippen molar-refractivity contribution in [3.8, 4) is 11.4 Å². The lowest BCUT2D eigenvalue weighted by Gasteiger charge is -2.07. The van der Waals surface area contributed by atoms with Crippen LogP contribution in [0.25, 0.3) is 11.4 Å². The molecular formula is C20H20N6O3S. The Morgan fingerprint density at radius 2 is 1.87 bits per heavy atom. The molecule has 1 heterocycles. The Balaban J connectivity index is 1.60. The van der Waals surface area contributed by atoms with Gasteiger partial charge >= 0.3 is 0 Å². The molecule has 2 aromatic carbocycles. The number of aromatic nitrogens is 3. The first-order valence-electron chi connectivity index (χ1n) is 9.19. The van der Waals surface area contributed by atoms with E-state index >= 15 is 0 Å². The Morgan fingerprint density at radius 1 is 1.17 bits per heavy atom. The zero-order chi connectivity index (χ0) is 21.5. The molecule has 1 aromatic heterocycles. The highest BCUT2D eigenvalue weighted by Crippen LogP contribution is 2.23. The molecule has 0 atom stereocenters. The van der Waals surface area contributed by atoms with Crippen LogP contribution in [0.5, 0.6) is 0 Å². The zero-order valence-corrected chi connectivity index (χ0v) is 17.3. The second-order valence-corrected chi connectivity index (χ2v) is 7.18. The van der Waals surface area contributed by atoms with Crippen LogP contribution in [0.15, 0.2) is 64.9 Å². The minimum absolute atomic E-state index is 0.00175. The van der Waals surface area contributed by atoms with Crippen molar-refractivity contribution in [2.24, 2.45) is 5.10 Å². The van der Waals surface area contributed by atoms with E-state index in [0.717, 1.165) is 11.4 Å². The molecular weight excluding hydrogens is 404 g/mol. The summed E-state index contributed by atoms with van der Waals surface area (Å²) in [6.45, 7) is 4.39. The van der Waals surface area contributed by atoms with Gasteiger partial charge in [0, 0.05) is 24.2 Å². The van der Waals surface area contributed by atoms with E-state index in [4.69, 9.17) is 0 Å². The minimum Gasteiger partial charge on any atom is -0.302 e. The van der Waals surface area contributed by atoms with Gasteiger partial charge < -0.3 is 4.57 Å². The first kappa shape index (κ1) is 21.2. The summed E-state index contributed by atoms with van der Waals surface area (Å²) >= 11 is 1.28. The first-order chi connectivity index (χ1) is 14.5. The van der Waals surface area contributed by atoms with Crippen LogP contribution in [0.2, 0.25) is 0 Å². The fourth-order valence-electron chi connectivity index (χ4n) is 2.68. The van der Waals surface area contributed by atoms with Crippen LogP contribution in [0.1, 0.15) is 19.4 Å². The number of hydrogen-bond acceptors (Lipinski definition) is 7. The van der Waals surface area contributed by atoms with E-state index in [1.54, 1.807) is 19.1 Å². The Bertz CT molecular complexity index is 1060. The van der Waals surface area contributed by atoms with Crippen molar-refractivity contribution < 1.29 is 9.72 Å². The number of carbonyl (C=O) groups excluding carboxylic acids is 1. The maximum atomic E-state index is 12.2. The van der Waals surface area contributed by atoms with Crippen molar-refractivity contribution in [3.05, 3.63) is 70.3 Å². The number of nitro groups is 1. The number of nitro benzene ring substituents is 1. The van der Waals surface area contributed by atoms with E-state index in [1.807, 2.05) is 41.8 Å². The molecule has 3 rings (SSSR count). The highest BCUT2D eigenvalue weighted by molar-refractivity contribution is 7.99. The van der Waals surface area contributed by atoms with Crippen molar-refractivity contribution in [3.63, 3.8) is 0 Å². The van der Waals surface area contributed by atoms with E-state index in [9.17, 15) is 14.9 Å². The highest BCUT2D eigenvalue weighted by atomic mass is 32.2. The van der Waals surface area contributed by atoms with Crippen LogP contribution in [0, 0.1) is 10.1 Å². The molecule has 9 nitrogen and oxygen atoms in total. The molecule has 0 aliphatic rings. The summed E-state index contributed by atoms with van der Waals surface area (Å²) in [5.41, 5.74) is 4.70. The molecule has 30 heavy (non-hydrogen) atoms. The fourth-order valence-corrected chi connectivity index (χ4v) is 3.47. The second kappa shape index (κ2) is 9.79. The third-order valence-electron chi connectivity index (χ3n) is 4.24. The molecule has 1 N–H and O–H groups in total. The predicted octanol–water partition coefficient (Wildman–Crippen LogP) is 3.51. The third-order valence-corrected chi connectivity index (χ3v) is 5.21. The Hall–Kier alpha value is -3.53. The number of nitrogens with one attached hydrogen (secondary N) is 1. The Morgan fingerprint density at radius 3 is 2.50 bits per heavy atom. The molecule has 0 bridgehead atoms. The van der Waals surface area contributed by atoms with Gasteiger partial charge in [0.2, 0.25) is 0 Å². The van der Waals surface area contributed by atoms with Crippen molar-refractivity contribution >= 4 is 29.1 Å². The standard InChI is InChI=1S/C20H20N6O3S/c1-3-25-19(16-7-5-4-6-8-16)23-24-20(25)30-13-18(27)22-21-14(2)15-9-11-17(12-10-15)26(28)29/h4-12H,3,13H2,1-2H3,(H,22,27)/b21-14+. The highest BCUT2D eigenvalue weighted by Gasteiger charge is 2.14. The number of amides is 1. The number of non-ortho nitro benzene ring substituents is 1. The van der Waals surface area contributed by atoms with E-state index < -0.39 is 4.92 Å². The molecule has 0 aliphatic heterocycles. The summed E-state index contributed by atoms with van der Waals surface area (Å²) in [7, 11) is 0. The topological polar surface area (TPSA) is 115 Å². The molecule has 0 radical (unpaired) electrons. The van der Waals surface area contributed by atoms with Crippen LogP contribution in [-0.2, 0) is 11.3 Å². The van der Waals surface area contributed by atoms with Crippen molar-refractivity contribution in [2.75, 3.05) is 5.75 Å². The van der Waals surface area contributed by atoms with Gasteiger partial charge in [-0.25, -0.2) is 5.43 Å². The maximum absolute atomic E-state index is 12.2. The van der Waals surface area contributed by atoms with E-state index in [2.05, 4.69) is 20.7 Å².